The van der Waals surface area contributed by atoms with Crippen LogP contribution in [0.5, 0.6) is 0 Å². The van der Waals surface area contributed by atoms with Crippen molar-refractivity contribution < 1.29 is 0 Å². The highest BCUT2D eigenvalue weighted by atomic mass is 35.5. The molecule has 1 aromatic rings. The molecule has 0 spiro atoms. The summed E-state index contributed by atoms with van der Waals surface area (Å²) < 4.78 is 0. The van der Waals surface area contributed by atoms with Crippen LogP contribution in [0, 0.1) is 11.8 Å². The molecule has 0 saturated heterocycles. The normalized spacial score (nSPS) is 20.8. The van der Waals surface area contributed by atoms with Gasteiger partial charge in [-0.2, -0.15) is 0 Å². The predicted octanol–water partition coefficient (Wildman–Crippen LogP) is 3.71. The number of fused-ring (bicyclic) bond motifs is 1. The van der Waals surface area contributed by atoms with Crippen LogP contribution in [-0.2, 0) is 12.8 Å². The van der Waals surface area contributed by atoms with Gasteiger partial charge in [0.1, 0.15) is 0 Å². The molecule has 0 saturated carbocycles. The highest BCUT2D eigenvalue weighted by molar-refractivity contribution is 6.30. The second-order valence-corrected chi connectivity index (χ2v) is 4.76. The van der Waals surface area contributed by atoms with E-state index in [4.69, 9.17) is 11.6 Å². The van der Waals surface area contributed by atoms with Crippen molar-refractivity contribution in [2.75, 3.05) is 0 Å². The van der Waals surface area contributed by atoms with E-state index in [1.807, 2.05) is 6.07 Å². The van der Waals surface area contributed by atoms with Crippen LogP contribution in [0.1, 0.15) is 25.0 Å². The summed E-state index contributed by atoms with van der Waals surface area (Å²) in [5, 5.41) is 0.878. The van der Waals surface area contributed by atoms with Crippen molar-refractivity contribution >= 4 is 11.6 Å². The SMILES string of the molecule is CC(C)C1Cc2ccc(Cl)cc2C1. The summed E-state index contributed by atoms with van der Waals surface area (Å²) in [5.41, 5.74) is 2.97. The van der Waals surface area contributed by atoms with Crippen LogP contribution in [0.25, 0.3) is 0 Å². The molecule has 0 bridgehead atoms. The molecule has 0 radical (unpaired) electrons. The summed E-state index contributed by atoms with van der Waals surface area (Å²) in [7, 11) is 0. The molecular formula is C12H15Cl. The highest BCUT2D eigenvalue weighted by Crippen LogP contribution is 2.32. The van der Waals surface area contributed by atoms with E-state index < -0.39 is 0 Å². The van der Waals surface area contributed by atoms with E-state index in [-0.39, 0.29) is 0 Å². The van der Waals surface area contributed by atoms with E-state index in [1.165, 1.54) is 24.0 Å². The lowest BCUT2D eigenvalue weighted by atomic mass is 9.93. The van der Waals surface area contributed by atoms with Crippen molar-refractivity contribution in [3.05, 3.63) is 34.3 Å². The van der Waals surface area contributed by atoms with Gasteiger partial charge in [-0.05, 0) is 47.9 Å². The van der Waals surface area contributed by atoms with Gasteiger partial charge in [-0.25, -0.2) is 0 Å². The van der Waals surface area contributed by atoms with Gasteiger partial charge in [0.05, 0.1) is 0 Å². The Labute approximate surface area is 84.9 Å². The lowest BCUT2D eigenvalue weighted by Gasteiger charge is -2.12. The Kier molecular flexibility index (Phi) is 2.33. The molecule has 0 nitrogen and oxygen atoms in total. The first-order valence-electron chi connectivity index (χ1n) is 4.94. The van der Waals surface area contributed by atoms with Crippen LogP contribution in [0.15, 0.2) is 18.2 Å². The number of rotatable bonds is 1. The van der Waals surface area contributed by atoms with Gasteiger partial charge in [-0.1, -0.05) is 31.5 Å². The average Bonchev–Trinajstić information content (AvgIpc) is 2.46. The van der Waals surface area contributed by atoms with E-state index in [0.29, 0.717) is 0 Å². The summed E-state index contributed by atoms with van der Waals surface area (Å²) in [4.78, 5) is 0. The Bertz CT molecular complexity index is 315. The van der Waals surface area contributed by atoms with Crippen LogP contribution in [0.2, 0.25) is 5.02 Å². The summed E-state index contributed by atoms with van der Waals surface area (Å²) in [5.74, 6) is 1.61. The summed E-state index contributed by atoms with van der Waals surface area (Å²) in [6.07, 6.45) is 2.46. The van der Waals surface area contributed by atoms with Gasteiger partial charge in [0.2, 0.25) is 0 Å². The lowest BCUT2D eigenvalue weighted by molar-refractivity contribution is 0.404. The van der Waals surface area contributed by atoms with Gasteiger partial charge in [0.15, 0.2) is 0 Å². The number of halogens is 1. The van der Waals surface area contributed by atoms with E-state index in [1.54, 1.807) is 0 Å². The molecule has 0 amide bonds. The molecule has 1 aliphatic carbocycles. The van der Waals surface area contributed by atoms with Crippen molar-refractivity contribution in [3.8, 4) is 0 Å². The number of hydrogen-bond donors (Lipinski definition) is 0. The molecule has 1 heteroatoms. The quantitative estimate of drug-likeness (QED) is 0.640. The third-order valence-corrected chi connectivity index (χ3v) is 3.31. The zero-order valence-electron chi connectivity index (χ0n) is 8.18. The second kappa shape index (κ2) is 3.34. The zero-order valence-corrected chi connectivity index (χ0v) is 8.93. The molecule has 1 unspecified atom stereocenters. The zero-order chi connectivity index (χ0) is 9.42. The van der Waals surface area contributed by atoms with Gasteiger partial charge in [-0.3, -0.25) is 0 Å². The Morgan fingerprint density at radius 1 is 1.23 bits per heavy atom. The molecule has 0 N–H and O–H groups in total. The summed E-state index contributed by atoms with van der Waals surface area (Å²) in [6, 6.07) is 6.31. The number of hydrogen-bond acceptors (Lipinski definition) is 0. The maximum atomic E-state index is 5.95. The fourth-order valence-corrected chi connectivity index (χ4v) is 2.29. The van der Waals surface area contributed by atoms with Crippen molar-refractivity contribution in [3.63, 3.8) is 0 Å². The Balaban J connectivity index is 2.25. The van der Waals surface area contributed by atoms with E-state index in [0.717, 1.165) is 16.9 Å². The standard InChI is InChI=1S/C12H15Cl/c1-8(2)10-5-9-3-4-12(13)7-11(9)6-10/h3-4,7-8,10H,5-6H2,1-2H3. The van der Waals surface area contributed by atoms with E-state index in [2.05, 4.69) is 26.0 Å². The molecular weight excluding hydrogens is 180 g/mol. The van der Waals surface area contributed by atoms with Gasteiger partial charge >= 0.3 is 0 Å². The first-order chi connectivity index (χ1) is 6.16. The fraction of sp³-hybridized carbons (Fsp3) is 0.500. The van der Waals surface area contributed by atoms with Crippen LogP contribution >= 0.6 is 11.6 Å². The van der Waals surface area contributed by atoms with Crippen LogP contribution in [0.3, 0.4) is 0 Å². The molecule has 0 fully saturated rings. The molecule has 13 heavy (non-hydrogen) atoms. The molecule has 1 aromatic carbocycles. The van der Waals surface area contributed by atoms with E-state index >= 15 is 0 Å². The average molecular weight is 195 g/mol. The minimum atomic E-state index is 0.783. The smallest absolute Gasteiger partial charge is 0.0408 e. The lowest BCUT2D eigenvalue weighted by Crippen LogP contribution is -2.07. The summed E-state index contributed by atoms with van der Waals surface area (Å²) >= 11 is 5.95. The number of benzene rings is 1. The predicted molar refractivity (Wildman–Crippen MR) is 57.2 cm³/mol. The molecule has 1 aliphatic rings. The van der Waals surface area contributed by atoms with Crippen LogP contribution in [0.4, 0.5) is 0 Å². The van der Waals surface area contributed by atoms with Crippen LogP contribution in [-0.4, -0.2) is 0 Å². The van der Waals surface area contributed by atoms with Crippen LogP contribution < -0.4 is 0 Å². The van der Waals surface area contributed by atoms with Gasteiger partial charge < -0.3 is 0 Å². The Morgan fingerprint density at radius 3 is 2.62 bits per heavy atom. The van der Waals surface area contributed by atoms with Gasteiger partial charge in [0, 0.05) is 5.02 Å². The van der Waals surface area contributed by atoms with Crippen molar-refractivity contribution in [1.29, 1.82) is 0 Å². The maximum Gasteiger partial charge on any atom is 0.0408 e. The largest absolute Gasteiger partial charge is 0.0843 e. The minimum Gasteiger partial charge on any atom is -0.0843 e. The van der Waals surface area contributed by atoms with Crippen molar-refractivity contribution in [2.24, 2.45) is 11.8 Å². The second-order valence-electron chi connectivity index (χ2n) is 4.33. The monoisotopic (exact) mass is 194 g/mol. The first kappa shape index (κ1) is 9.08. The van der Waals surface area contributed by atoms with Gasteiger partial charge in [-0.15, -0.1) is 0 Å². The molecule has 2 rings (SSSR count). The van der Waals surface area contributed by atoms with Gasteiger partial charge in [0.25, 0.3) is 0 Å². The Hall–Kier alpha value is -0.490. The minimum absolute atomic E-state index is 0.783. The fourth-order valence-electron chi connectivity index (χ4n) is 2.09. The maximum absolute atomic E-state index is 5.95. The molecule has 0 heterocycles. The van der Waals surface area contributed by atoms with Crippen molar-refractivity contribution in [2.45, 2.75) is 26.7 Å². The molecule has 0 aromatic heterocycles. The molecule has 0 aliphatic heterocycles. The highest BCUT2D eigenvalue weighted by Gasteiger charge is 2.23. The van der Waals surface area contributed by atoms with E-state index in [9.17, 15) is 0 Å². The summed E-state index contributed by atoms with van der Waals surface area (Å²) in [6.45, 7) is 4.61. The third kappa shape index (κ3) is 1.73. The Morgan fingerprint density at radius 2 is 1.92 bits per heavy atom. The molecule has 1 atom stereocenters. The van der Waals surface area contributed by atoms with Crippen molar-refractivity contribution in [1.82, 2.24) is 0 Å². The molecule has 70 valence electrons. The first-order valence-corrected chi connectivity index (χ1v) is 5.32. The third-order valence-electron chi connectivity index (χ3n) is 3.08. The topological polar surface area (TPSA) is 0 Å².